The molecule has 0 aliphatic carbocycles. The first kappa shape index (κ1) is 31.8. The maximum Gasteiger partial charge on any atom is 0.437 e. The normalized spacial score (nSPS) is 17.0. The molecule has 10 nitrogen and oxygen atoms in total. The molecule has 2 aliphatic heterocycles. The van der Waals surface area contributed by atoms with Gasteiger partial charge in [0.05, 0.1) is 17.6 Å². The Bertz CT molecular complexity index is 1740. The van der Waals surface area contributed by atoms with Crippen LogP contribution in [0.25, 0.3) is 0 Å². The van der Waals surface area contributed by atoms with Crippen molar-refractivity contribution < 1.29 is 36.0 Å². The second-order valence-corrected chi connectivity index (χ2v) is 11.2. The number of aromatic nitrogens is 2. The molecule has 0 bridgehead atoms. The fraction of sp³-hybridized carbons (Fsp3) is 0.312. The number of piperazine rings is 1. The number of halogens is 5. The number of urea groups is 1. The van der Waals surface area contributed by atoms with E-state index in [9.17, 15) is 31.5 Å². The van der Waals surface area contributed by atoms with Gasteiger partial charge in [-0.2, -0.15) is 18.2 Å². The van der Waals surface area contributed by atoms with Crippen LogP contribution in [0.15, 0.2) is 71.3 Å². The van der Waals surface area contributed by atoms with E-state index in [0.29, 0.717) is 56.9 Å². The van der Waals surface area contributed by atoms with E-state index < -0.39 is 41.2 Å². The predicted molar refractivity (Wildman–Crippen MR) is 163 cm³/mol. The Labute approximate surface area is 266 Å². The van der Waals surface area contributed by atoms with Crippen molar-refractivity contribution in [1.29, 1.82) is 0 Å². The number of benzene rings is 2. The van der Waals surface area contributed by atoms with Gasteiger partial charge in [-0.3, -0.25) is 4.79 Å². The number of carbonyl (C=O) groups excluding carboxylic acids is 2. The molecular weight excluding hydrogens is 625 g/mol. The highest BCUT2D eigenvalue weighted by Crippen LogP contribution is 2.37. The van der Waals surface area contributed by atoms with Crippen LogP contribution in [0.4, 0.5) is 50.0 Å². The first-order valence-electron chi connectivity index (χ1n) is 15.0. The largest absolute Gasteiger partial charge is 0.437 e. The molecule has 0 saturated carbocycles. The van der Waals surface area contributed by atoms with Crippen LogP contribution in [0, 0.1) is 11.6 Å². The minimum Gasteiger partial charge on any atom is -0.417 e. The quantitative estimate of drug-likeness (QED) is 0.233. The summed E-state index contributed by atoms with van der Waals surface area (Å²) in [4.78, 5) is 38.5. The Balaban J connectivity index is 1.09. The fourth-order valence-electron chi connectivity index (χ4n) is 5.73. The number of amides is 3. The highest BCUT2D eigenvalue weighted by molar-refractivity contribution is 6.03. The Morgan fingerprint density at radius 3 is 2.26 bits per heavy atom. The zero-order valence-corrected chi connectivity index (χ0v) is 24.9. The van der Waals surface area contributed by atoms with Gasteiger partial charge in [0.2, 0.25) is 5.76 Å². The lowest BCUT2D eigenvalue weighted by molar-refractivity contribution is -0.141. The van der Waals surface area contributed by atoms with Crippen molar-refractivity contribution in [2.75, 3.05) is 59.7 Å². The van der Waals surface area contributed by atoms with Crippen LogP contribution >= 0.6 is 0 Å². The molecule has 15 heteroatoms. The number of hydrogen-bond donors (Lipinski definition) is 2. The van der Waals surface area contributed by atoms with Crippen LogP contribution in [-0.4, -0.2) is 66.1 Å². The van der Waals surface area contributed by atoms with Crippen LogP contribution in [-0.2, 0) is 6.18 Å². The van der Waals surface area contributed by atoms with Crippen molar-refractivity contribution in [3.63, 3.8) is 0 Å². The van der Waals surface area contributed by atoms with Gasteiger partial charge < -0.3 is 29.8 Å². The summed E-state index contributed by atoms with van der Waals surface area (Å²) in [5.41, 5.74) is -0.784. The molecule has 2 aliphatic rings. The van der Waals surface area contributed by atoms with Gasteiger partial charge in [-0.25, -0.2) is 18.6 Å². The number of anilines is 4. The van der Waals surface area contributed by atoms with Gasteiger partial charge in [0.25, 0.3) is 11.9 Å². The highest BCUT2D eigenvalue weighted by atomic mass is 19.4. The number of nitrogens with one attached hydrogen (secondary N) is 2. The van der Waals surface area contributed by atoms with Gasteiger partial charge in [-0.15, -0.1) is 0 Å². The zero-order chi connectivity index (χ0) is 33.1. The maximum absolute atomic E-state index is 14.4. The summed E-state index contributed by atoms with van der Waals surface area (Å²) in [6.07, 6.45) is -2.45. The molecule has 2 aromatic carbocycles. The Morgan fingerprint density at radius 1 is 0.851 bits per heavy atom. The predicted octanol–water partition coefficient (Wildman–Crippen LogP) is 6.36. The summed E-state index contributed by atoms with van der Waals surface area (Å²) < 4.78 is 75.6. The summed E-state index contributed by atoms with van der Waals surface area (Å²) in [7, 11) is 0. The molecule has 2 fully saturated rings. The van der Waals surface area contributed by atoms with E-state index in [2.05, 4.69) is 20.6 Å². The smallest absolute Gasteiger partial charge is 0.417 e. The van der Waals surface area contributed by atoms with Crippen LogP contribution < -0.4 is 20.4 Å². The number of alkyl halides is 3. The number of rotatable bonds is 6. The SMILES string of the molecule is O=C(Nc1ccc(N2CCN(C(=O)Nc3ccccc3F)CC2)nc1)c1oc(N2CCCC(c3ccccc3F)C2)nc1C(F)(F)F. The van der Waals surface area contributed by atoms with Crippen molar-refractivity contribution in [3.05, 3.63) is 95.5 Å². The average Bonchev–Trinajstić information content (AvgIpc) is 3.54. The van der Waals surface area contributed by atoms with E-state index in [4.69, 9.17) is 4.42 Å². The number of oxazole rings is 1. The Hall–Kier alpha value is -5.21. The lowest BCUT2D eigenvalue weighted by atomic mass is 9.90. The summed E-state index contributed by atoms with van der Waals surface area (Å²) in [5, 5.41) is 4.95. The third-order valence-electron chi connectivity index (χ3n) is 8.14. The molecule has 4 aromatic rings. The van der Waals surface area contributed by atoms with Crippen molar-refractivity contribution in [2.24, 2.45) is 0 Å². The van der Waals surface area contributed by atoms with Crippen molar-refractivity contribution in [1.82, 2.24) is 14.9 Å². The summed E-state index contributed by atoms with van der Waals surface area (Å²) in [6, 6.07) is 14.4. The topological polar surface area (TPSA) is 107 Å². The molecule has 246 valence electrons. The molecule has 2 saturated heterocycles. The fourth-order valence-corrected chi connectivity index (χ4v) is 5.73. The van der Waals surface area contributed by atoms with Crippen molar-refractivity contribution in [3.8, 4) is 0 Å². The second-order valence-electron chi connectivity index (χ2n) is 11.2. The Morgan fingerprint density at radius 2 is 1.57 bits per heavy atom. The molecule has 6 rings (SSSR count). The number of carbonyl (C=O) groups is 2. The lowest BCUT2D eigenvalue weighted by Gasteiger charge is -2.35. The van der Waals surface area contributed by atoms with Crippen LogP contribution in [0.5, 0.6) is 0 Å². The highest BCUT2D eigenvalue weighted by Gasteiger charge is 2.42. The van der Waals surface area contributed by atoms with Crippen molar-refractivity contribution >= 4 is 35.1 Å². The van der Waals surface area contributed by atoms with E-state index in [0.717, 1.165) is 0 Å². The summed E-state index contributed by atoms with van der Waals surface area (Å²) in [6.45, 7) is 2.04. The number of pyridine rings is 1. The molecular formula is C32H30F5N7O3. The second kappa shape index (κ2) is 13.3. The van der Waals surface area contributed by atoms with E-state index in [1.165, 1.54) is 41.4 Å². The number of hydrogen-bond acceptors (Lipinski definition) is 7. The molecule has 47 heavy (non-hydrogen) atoms. The van der Waals surface area contributed by atoms with Gasteiger partial charge >= 0.3 is 12.2 Å². The minimum absolute atomic E-state index is 0.0861. The van der Waals surface area contributed by atoms with Crippen molar-refractivity contribution in [2.45, 2.75) is 24.9 Å². The monoisotopic (exact) mass is 655 g/mol. The number of piperidine rings is 1. The van der Waals surface area contributed by atoms with E-state index in [1.54, 1.807) is 35.2 Å². The molecule has 1 atom stereocenters. The summed E-state index contributed by atoms with van der Waals surface area (Å²) >= 11 is 0. The van der Waals surface area contributed by atoms with Crippen LogP contribution in [0.3, 0.4) is 0 Å². The van der Waals surface area contributed by atoms with Gasteiger partial charge in [0, 0.05) is 45.2 Å². The molecule has 4 heterocycles. The molecule has 3 amide bonds. The third kappa shape index (κ3) is 7.13. The molecule has 2 N–H and O–H groups in total. The van der Waals surface area contributed by atoms with Gasteiger partial charge in [0.15, 0.2) is 5.69 Å². The minimum atomic E-state index is -4.97. The van der Waals surface area contributed by atoms with E-state index in [-0.39, 0.29) is 29.9 Å². The zero-order valence-electron chi connectivity index (χ0n) is 24.9. The summed E-state index contributed by atoms with van der Waals surface area (Å²) in [5.74, 6) is -2.83. The average molecular weight is 656 g/mol. The third-order valence-corrected chi connectivity index (χ3v) is 8.14. The van der Waals surface area contributed by atoms with Crippen LogP contribution in [0.1, 0.15) is 40.6 Å². The molecule has 2 aromatic heterocycles. The standard InChI is InChI=1S/C32H30F5N7O3/c33-23-8-2-1-7-22(23)20-6-5-13-44(19-20)31-41-28(32(35,36)37)27(47-31)29(45)39-21-11-12-26(38-18-21)42-14-16-43(17-15-42)30(46)40-25-10-4-3-9-24(25)34/h1-4,7-12,18,20H,5-6,13-17,19H2,(H,39,45)(H,40,46). The van der Waals surface area contributed by atoms with Gasteiger partial charge in [0.1, 0.15) is 17.5 Å². The van der Waals surface area contributed by atoms with E-state index >= 15 is 0 Å². The number of para-hydroxylation sites is 1. The first-order valence-corrected chi connectivity index (χ1v) is 15.0. The number of nitrogens with zero attached hydrogens (tertiary/aromatic N) is 5. The van der Waals surface area contributed by atoms with E-state index in [1.807, 2.05) is 4.90 Å². The van der Waals surface area contributed by atoms with Gasteiger partial charge in [-0.1, -0.05) is 30.3 Å². The maximum atomic E-state index is 14.4. The van der Waals surface area contributed by atoms with Crippen LogP contribution in [0.2, 0.25) is 0 Å². The van der Waals surface area contributed by atoms with Gasteiger partial charge in [-0.05, 0) is 48.7 Å². The molecule has 0 radical (unpaired) electrons. The lowest BCUT2D eigenvalue weighted by Crippen LogP contribution is -2.50. The molecule has 1 unspecified atom stereocenters. The first-order chi connectivity index (χ1) is 22.6. The Kier molecular flexibility index (Phi) is 8.96. The molecule has 0 spiro atoms.